The van der Waals surface area contributed by atoms with Crippen molar-refractivity contribution in [1.29, 1.82) is 0 Å². The first kappa shape index (κ1) is 21.5. The molecule has 0 atom stereocenters. The summed E-state index contributed by atoms with van der Waals surface area (Å²) in [7, 11) is -0.526. The lowest BCUT2D eigenvalue weighted by Gasteiger charge is -2.14. The molecule has 9 heteroatoms. The molecule has 0 saturated carbocycles. The highest BCUT2D eigenvalue weighted by atomic mass is 32.2. The quantitative estimate of drug-likeness (QED) is 0.453. The number of primary sulfonamides is 1. The number of aliphatic imine (C=N–C) groups is 1. The zero-order chi connectivity index (χ0) is 20.6. The second kappa shape index (κ2) is 9.95. The third-order valence-corrected chi connectivity index (χ3v) is 4.84. The van der Waals surface area contributed by atoms with Gasteiger partial charge in [-0.15, -0.1) is 0 Å². The molecule has 8 nitrogen and oxygen atoms in total. The Balaban J connectivity index is 2.11. The minimum absolute atomic E-state index is 0.0705. The van der Waals surface area contributed by atoms with Crippen molar-refractivity contribution in [1.82, 2.24) is 10.6 Å². The molecule has 28 heavy (non-hydrogen) atoms. The normalized spacial score (nSPS) is 11.8. The Hall–Kier alpha value is -2.78. The summed E-state index contributed by atoms with van der Waals surface area (Å²) in [6, 6.07) is 12.0. The molecule has 0 fully saturated rings. The number of guanidine groups is 1. The Morgan fingerprint density at radius 3 is 2.54 bits per heavy atom. The third-order valence-electron chi connectivity index (χ3n) is 3.93. The second-order valence-corrected chi connectivity index (χ2v) is 7.48. The third kappa shape index (κ3) is 6.14. The second-order valence-electron chi connectivity index (χ2n) is 5.92. The van der Waals surface area contributed by atoms with Crippen LogP contribution in [0.15, 0.2) is 52.4 Å². The summed E-state index contributed by atoms with van der Waals surface area (Å²) in [5.74, 6) is 2.03. The number of methoxy groups -OCH3 is 2. The van der Waals surface area contributed by atoms with Gasteiger partial charge in [0.05, 0.1) is 25.7 Å². The van der Waals surface area contributed by atoms with Crippen molar-refractivity contribution in [3.8, 4) is 11.5 Å². The smallest absolute Gasteiger partial charge is 0.238 e. The average molecular weight is 407 g/mol. The molecule has 0 unspecified atom stereocenters. The van der Waals surface area contributed by atoms with E-state index in [1.54, 1.807) is 26.4 Å². The van der Waals surface area contributed by atoms with E-state index in [0.717, 1.165) is 16.9 Å². The molecule has 0 spiro atoms. The van der Waals surface area contributed by atoms with Crippen molar-refractivity contribution < 1.29 is 17.9 Å². The van der Waals surface area contributed by atoms with Crippen LogP contribution in [0.4, 0.5) is 0 Å². The maximum Gasteiger partial charge on any atom is 0.238 e. The van der Waals surface area contributed by atoms with Crippen LogP contribution in [0.1, 0.15) is 18.1 Å². The number of nitrogens with one attached hydrogen (secondary N) is 2. The van der Waals surface area contributed by atoms with E-state index in [1.165, 1.54) is 12.1 Å². The summed E-state index contributed by atoms with van der Waals surface area (Å²) in [5, 5.41) is 11.6. The molecule has 152 valence electrons. The van der Waals surface area contributed by atoms with Crippen LogP contribution in [-0.2, 0) is 23.1 Å². The van der Waals surface area contributed by atoms with Crippen LogP contribution >= 0.6 is 0 Å². The molecule has 0 bridgehead atoms. The summed E-state index contributed by atoms with van der Waals surface area (Å²) in [5.41, 5.74) is 1.69. The first-order valence-electron chi connectivity index (χ1n) is 8.72. The van der Waals surface area contributed by atoms with Crippen molar-refractivity contribution >= 4 is 16.0 Å². The summed E-state index contributed by atoms with van der Waals surface area (Å²) < 4.78 is 33.6. The number of sulfonamides is 1. The van der Waals surface area contributed by atoms with Gasteiger partial charge in [0.1, 0.15) is 11.5 Å². The molecule has 0 aliphatic rings. The summed E-state index contributed by atoms with van der Waals surface area (Å²) in [6.45, 7) is 3.45. The van der Waals surface area contributed by atoms with Crippen molar-refractivity contribution in [2.45, 2.75) is 24.9 Å². The number of benzene rings is 2. The van der Waals surface area contributed by atoms with E-state index < -0.39 is 10.0 Å². The predicted octanol–water partition coefficient (Wildman–Crippen LogP) is 1.61. The zero-order valence-electron chi connectivity index (χ0n) is 16.2. The van der Waals surface area contributed by atoms with Crippen molar-refractivity contribution in [3.63, 3.8) is 0 Å². The topological polar surface area (TPSA) is 115 Å². The fourth-order valence-electron chi connectivity index (χ4n) is 2.51. The summed E-state index contributed by atoms with van der Waals surface area (Å²) in [6.07, 6.45) is 0. The van der Waals surface area contributed by atoms with Crippen molar-refractivity contribution in [3.05, 3.63) is 53.6 Å². The van der Waals surface area contributed by atoms with Gasteiger partial charge >= 0.3 is 0 Å². The Labute approximate surface area is 165 Å². The number of rotatable bonds is 8. The first-order valence-corrected chi connectivity index (χ1v) is 10.3. The minimum atomic E-state index is -3.74. The lowest BCUT2D eigenvalue weighted by Crippen LogP contribution is -2.36. The van der Waals surface area contributed by atoms with Crippen LogP contribution in [0.2, 0.25) is 0 Å². The lowest BCUT2D eigenvalue weighted by molar-refractivity contribution is 0.390. The van der Waals surface area contributed by atoms with Gasteiger partial charge < -0.3 is 20.1 Å². The van der Waals surface area contributed by atoms with Gasteiger partial charge in [0.2, 0.25) is 10.0 Å². The molecule has 0 saturated heterocycles. The van der Waals surface area contributed by atoms with Crippen LogP contribution in [0, 0.1) is 0 Å². The largest absolute Gasteiger partial charge is 0.497 e. The fraction of sp³-hybridized carbons (Fsp3) is 0.316. The van der Waals surface area contributed by atoms with Gasteiger partial charge in [-0.1, -0.05) is 12.1 Å². The fourth-order valence-corrected chi connectivity index (χ4v) is 3.09. The molecule has 0 aromatic heterocycles. The van der Waals surface area contributed by atoms with Crippen molar-refractivity contribution in [2.75, 3.05) is 20.8 Å². The van der Waals surface area contributed by atoms with Gasteiger partial charge in [0, 0.05) is 24.7 Å². The SMILES string of the molecule is CCNC(=NCc1cccc(S(N)(=O)=O)c1)NCc1ccc(OC)cc1OC. The molecule has 2 rings (SSSR count). The molecule has 2 aromatic rings. The Bertz CT molecular complexity index is 929. The van der Waals surface area contributed by atoms with Gasteiger partial charge in [-0.3, -0.25) is 0 Å². The number of hydrogen-bond donors (Lipinski definition) is 3. The van der Waals surface area contributed by atoms with Gasteiger partial charge in [-0.05, 0) is 36.8 Å². The van der Waals surface area contributed by atoms with Gasteiger partial charge in [-0.25, -0.2) is 18.5 Å². The highest BCUT2D eigenvalue weighted by Crippen LogP contribution is 2.24. The zero-order valence-corrected chi connectivity index (χ0v) is 17.0. The molecule has 0 aliphatic carbocycles. The maximum absolute atomic E-state index is 11.5. The predicted molar refractivity (Wildman–Crippen MR) is 109 cm³/mol. The minimum Gasteiger partial charge on any atom is -0.497 e. The molecule has 0 aliphatic heterocycles. The Kier molecular flexibility index (Phi) is 7.65. The molecule has 0 amide bonds. The van der Waals surface area contributed by atoms with E-state index in [9.17, 15) is 8.42 Å². The average Bonchev–Trinajstić information content (AvgIpc) is 2.69. The highest BCUT2D eigenvalue weighted by molar-refractivity contribution is 7.89. The van der Waals surface area contributed by atoms with Crippen LogP contribution < -0.4 is 25.2 Å². The molecule has 2 aromatic carbocycles. The van der Waals surface area contributed by atoms with E-state index in [1.807, 2.05) is 25.1 Å². The molecule has 0 heterocycles. The molecule has 0 radical (unpaired) electrons. The highest BCUT2D eigenvalue weighted by Gasteiger charge is 2.09. The van der Waals surface area contributed by atoms with E-state index >= 15 is 0 Å². The van der Waals surface area contributed by atoms with Crippen LogP contribution in [0.5, 0.6) is 11.5 Å². The van der Waals surface area contributed by atoms with E-state index in [0.29, 0.717) is 31.3 Å². The Morgan fingerprint density at radius 1 is 1.11 bits per heavy atom. The molecular formula is C19H26N4O4S. The molecule has 4 N–H and O–H groups in total. The van der Waals surface area contributed by atoms with Crippen LogP contribution in [-0.4, -0.2) is 35.1 Å². The van der Waals surface area contributed by atoms with E-state index in [-0.39, 0.29) is 4.90 Å². The standard InChI is InChI=1S/C19H26N4O4S/c1-4-21-19(22-12-14-6-5-7-17(10-14)28(20,24)25)23-13-15-8-9-16(26-2)11-18(15)27-3/h5-11H,4,12-13H2,1-3H3,(H2,20,24,25)(H2,21,22,23). The number of nitrogens with zero attached hydrogens (tertiary/aromatic N) is 1. The monoisotopic (exact) mass is 406 g/mol. The van der Waals surface area contributed by atoms with Gasteiger partial charge in [-0.2, -0.15) is 0 Å². The summed E-state index contributed by atoms with van der Waals surface area (Å²) in [4.78, 5) is 4.57. The first-order chi connectivity index (χ1) is 13.4. The molecular weight excluding hydrogens is 380 g/mol. The number of nitrogens with two attached hydrogens (primary N) is 1. The Morgan fingerprint density at radius 2 is 1.89 bits per heavy atom. The van der Waals surface area contributed by atoms with Gasteiger partial charge in [0.25, 0.3) is 0 Å². The number of ether oxygens (including phenoxy) is 2. The van der Waals surface area contributed by atoms with Crippen LogP contribution in [0.3, 0.4) is 0 Å². The van der Waals surface area contributed by atoms with Crippen LogP contribution in [0.25, 0.3) is 0 Å². The van der Waals surface area contributed by atoms with E-state index in [4.69, 9.17) is 14.6 Å². The number of hydrogen-bond acceptors (Lipinski definition) is 5. The van der Waals surface area contributed by atoms with Gasteiger partial charge in [0.15, 0.2) is 5.96 Å². The summed E-state index contributed by atoms with van der Waals surface area (Å²) >= 11 is 0. The lowest BCUT2D eigenvalue weighted by atomic mass is 10.2. The maximum atomic E-state index is 11.5. The van der Waals surface area contributed by atoms with Crippen molar-refractivity contribution in [2.24, 2.45) is 10.1 Å². The van der Waals surface area contributed by atoms with E-state index in [2.05, 4.69) is 15.6 Å².